The minimum absolute atomic E-state index is 0.197. The first-order chi connectivity index (χ1) is 16.7. The van der Waals surface area contributed by atoms with Crippen LogP contribution in [0.1, 0.15) is 10.4 Å². The van der Waals surface area contributed by atoms with Gasteiger partial charge in [-0.2, -0.15) is 0 Å². The summed E-state index contributed by atoms with van der Waals surface area (Å²) in [5.74, 6) is -0.446. The highest BCUT2D eigenvalue weighted by Crippen LogP contribution is 2.29. The Morgan fingerprint density at radius 3 is 2.17 bits per heavy atom. The second-order valence-corrected chi connectivity index (χ2v) is 6.93. The summed E-state index contributed by atoms with van der Waals surface area (Å²) in [5.41, 5.74) is 0.945. The van der Waals surface area contributed by atoms with Crippen molar-refractivity contribution < 1.29 is 41.7 Å². The number of alkyl halides is 3. The molecule has 0 radical (unpaired) electrons. The number of benzene rings is 3. The molecule has 0 spiro atoms. The Morgan fingerprint density at radius 2 is 1.51 bits per heavy atom. The lowest BCUT2D eigenvalue weighted by Crippen LogP contribution is -2.20. The quantitative estimate of drug-likeness (QED) is 0.444. The normalized spacial score (nSPS) is 10.8. The maximum Gasteiger partial charge on any atom is 0.573 e. The van der Waals surface area contributed by atoms with Crippen LogP contribution in [-0.4, -0.2) is 39.0 Å². The van der Waals surface area contributed by atoms with Gasteiger partial charge in [-0.3, -0.25) is 9.59 Å². The van der Waals surface area contributed by atoms with E-state index in [1.54, 1.807) is 24.3 Å². The molecule has 11 heteroatoms. The third-order valence-corrected chi connectivity index (χ3v) is 4.51. The maximum atomic E-state index is 12.5. The van der Waals surface area contributed by atoms with Crippen molar-refractivity contribution in [3.63, 3.8) is 0 Å². The summed E-state index contributed by atoms with van der Waals surface area (Å²) in [4.78, 5) is 24.8. The summed E-state index contributed by atoms with van der Waals surface area (Å²) >= 11 is 0. The molecule has 0 bridgehead atoms. The van der Waals surface area contributed by atoms with Gasteiger partial charge in [0.1, 0.15) is 11.5 Å². The lowest BCUT2D eigenvalue weighted by molar-refractivity contribution is -0.274. The summed E-state index contributed by atoms with van der Waals surface area (Å²) in [6.07, 6.45) is -4.81. The van der Waals surface area contributed by atoms with E-state index in [1.165, 1.54) is 44.6 Å². The third-order valence-electron chi connectivity index (χ3n) is 4.51. The van der Waals surface area contributed by atoms with Crippen LogP contribution in [0.3, 0.4) is 0 Å². The molecule has 3 aromatic rings. The number of amides is 2. The molecule has 2 N–H and O–H groups in total. The van der Waals surface area contributed by atoms with E-state index in [0.29, 0.717) is 11.4 Å². The van der Waals surface area contributed by atoms with Gasteiger partial charge < -0.3 is 29.6 Å². The van der Waals surface area contributed by atoms with E-state index in [0.717, 1.165) is 12.1 Å². The van der Waals surface area contributed by atoms with Crippen LogP contribution in [0.5, 0.6) is 23.0 Å². The van der Waals surface area contributed by atoms with Crippen molar-refractivity contribution in [3.8, 4) is 23.0 Å². The summed E-state index contributed by atoms with van der Waals surface area (Å²) < 4.78 is 56.6. The van der Waals surface area contributed by atoms with Gasteiger partial charge in [0.25, 0.3) is 11.8 Å². The van der Waals surface area contributed by atoms with Crippen molar-refractivity contribution in [2.24, 2.45) is 0 Å². The van der Waals surface area contributed by atoms with Crippen LogP contribution in [-0.2, 0) is 4.79 Å². The fraction of sp³-hybridized carbons (Fsp3) is 0.167. The highest BCUT2D eigenvalue weighted by molar-refractivity contribution is 6.04. The first-order valence-corrected chi connectivity index (χ1v) is 10.1. The van der Waals surface area contributed by atoms with Crippen LogP contribution < -0.4 is 29.6 Å². The summed E-state index contributed by atoms with van der Waals surface area (Å²) in [5, 5.41) is 5.24. The second-order valence-electron chi connectivity index (χ2n) is 6.93. The molecule has 0 saturated heterocycles. The molecule has 3 aromatic carbocycles. The molecule has 35 heavy (non-hydrogen) atoms. The van der Waals surface area contributed by atoms with E-state index in [4.69, 9.17) is 14.2 Å². The van der Waals surface area contributed by atoms with E-state index >= 15 is 0 Å². The van der Waals surface area contributed by atoms with Gasteiger partial charge in [-0.25, -0.2) is 0 Å². The summed E-state index contributed by atoms with van der Waals surface area (Å²) in [6, 6.07) is 15.9. The van der Waals surface area contributed by atoms with Crippen LogP contribution in [0, 0.1) is 0 Å². The van der Waals surface area contributed by atoms with Crippen LogP contribution in [0.15, 0.2) is 66.7 Å². The predicted octanol–water partition coefficient (Wildman–Crippen LogP) is 4.87. The zero-order valence-electron chi connectivity index (χ0n) is 18.6. The van der Waals surface area contributed by atoms with E-state index in [2.05, 4.69) is 15.4 Å². The molecule has 0 aliphatic carbocycles. The van der Waals surface area contributed by atoms with E-state index in [9.17, 15) is 22.8 Å². The Bertz CT molecular complexity index is 1180. The number of nitrogens with one attached hydrogen (secondary N) is 2. The number of carbonyl (C=O) groups is 2. The molecule has 0 heterocycles. The number of hydrogen-bond acceptors (Lipinski definition) is 6. The van der Waals surface area contributed by atoms with E-state index in [-0.39, 0.29) is 29.4 Å². The topological polar surface area (TPSA) is 95.1 Å². The first-order valence-electron chi connectivity index (χ1n) is 10.1. The molecule has 0 aliphatic heterocycles. The Labute approximate surface area is 198 Å². The predicted molar refractivity (Wildman–Crippen MR) is 121 cm³/mol. The van der Waals surface area contributed by atoms with Gasteiger partial charge in [-0.05, 0) is 54.6 Å². The monoisotopic (exact) mass is 490 g/mol. The van der Waals surface area contributed by atoms with Crippen molar-refractivity contribution in [3.05, 3.63) is 72.3 Å². The molecule has 0 fully saturated rings. The Hall–Kier alpha value is -4.41. The Balaban J connectivity index is 1.61. The number of anilines is 2. The Morgan fingerprint density at radius 1 is 0.829 bits per heavy atom. The molecule has 2 amide bonds. The number of ether oxygens (including phenoxy) is 4. The van der Waals surface area contributed by atoms with E-state index in [1.807, 2.05) is 0 Å². The second kappa shape index (κ2) is 11.1. The van der Waals surface area contributed by atoms with Gasteiger partial charge in [0.2, 0.25) is 0 Å². The molecule has 8 nitrogen and oxygen atoms in total. The third kappa shape index (κ3) is 7.29. The fourth-order valence-electron chi connectivity index (χ4n) is 2.95. The number of methoxy groups -OCH3 is 2. The first kappa shape index (κ1) is 25.2. The van der Waals surface area contributed by atoms with Gasteiger partial charge in [-0.15, -0.1) is 13.2 Å². The van der Waals surface area contributed by atoms with Crippen molar-refractivity contribution >= 4 is 23.2 Å². The molecule has 3 rings (SSSR count). The number of rotatable bonds is 9. The number of halogens is 3. The zero-order chi connectivity index (χ0) is 25.4. The van der Waals surface area contributed by atoms with E-state index < -0.39 is 23.9 Å². The summed E-state index contributed by atoms with van der Waals surface area (Å²) in [6.45, 7) is -0.327. The minimum atomic E-state index is -4.81. The van der Waals surface area contributed by atoms with Crippen LogP contribution in [0.25, 0.3) is 0 Å². The molecular weight excluding hydrogens is 469 g/mol. The van der Waals surface area contributed by atoms with Crippen molar-refractivity contribution in [1.29, 1.82) is 0 Å². The van der Waals surface area contributed by atoms with Gasteiger partial charge in [-0.1, -0.05) is 12.1 Å². The number of para-hydroxylation sites is 2. The number of carbonyl (C=O) groups excluding carboxylic acids is 2. The average Bonchev–Trinajstić information content (AvgIpc) is 2.83. The Kier molecular flexibility index (Phi) is 8.03. The molecule has 0 unspecified atom stereocenters. The van der Waals surface area contributed by atoms with Gasteiger partial charge >= 0.3 is 6.36 Å². The molecule has 184 valence electrons. The highest BCUT2D eigenvalue weighted by Gasteiger charge is 2.31. The minimum Gasteiger partial charge on any atom is -0.495 e. The largest absolute Gasteiger partial charge is 0.573 e. The maximum absolute atomic E-state index is 12.5. The van der Waals surface area contributed by atoms with Crippen LogP contribution in [0.2, 0.25) is 0 Å². The molecule has 0 aliphatic rings. The van der Waals surface area contributed by atoms with Crippen molar-refractivity contribution in [1.82, 2.24) is 0 Å². The standard InChI is InChI=1S/C24H21F3N2O6/c1-32-19-6-4-3-5-18(19)29-22(30)14-34-20-12-7-15(13-21(20)33-2)23(31)28-16-8-10-17(11-9-16)35-24(25,26)27/h3-13H,14H2,1-2H3,(H,28,31)(H,29,30). The molecule has 0 aromatic heterocycles. The highest BCUT2D eigenvalue weighted by atomic mass is 19.4. The van der Waals surface area contributed by atoms with Crippen LogP contribution in [0.4, 0.5) is 24.5 Å². The van der Waals surface area contributed by atoms with Crippen molar-refractivity contribution in [2.75, 3.05) is 31.5 Å². The fourth-order valence-corrected chi connectivity index (χ4v) is 2.95. The SMILES string of the molecule is COc1ccccc1NC(=O)COc1ccc(C(=O)Nc2ccc(OC(F)(F)F)cc2)cc1OC. The molecule has 0 atom stereocenters. The average molecular weight is 490 g/mol. The summed E-state index contributed by atoms with van der Waals surface area (Å²) in [7, 11) is 2.86. The number of hydrogen-bond donors (Lipinski definition) is 2. The molecule has 0 saturated carbocycles. The van der Waals surface area contributed by atoms with Crippen molar-refractivity contribution in [2.45, 2.75) is 6.36 Å². The van der Waals surface area contributed by atoms with Gasteiger partial charge in [0.05, 0.1) is 19.9 Å². The van der Waals surface area contributed by atoms with Gasteiger partial charge in [0, 0.05) is 11.3 Å². The van der Waals surface area contributed by atoms with Gasteiger partial charge in [0.15, 0.2) is 18.1 Å². The lowest BCUT2D eigenvalue weighted by atomic mass is 10.2. The molecular formula is C24H21F3N2O6. The van der Waals surface area contributed by atoms with Crippen LogP contribution >= 0.6 is 0 Å². The zero-order valence-corrected chi connectivity index (χ0v) is 18.6. The smallest absolute Gasteiger partial charge is 0.495 e. The lowest BCUT2D eigenvalue weighted by Gasteiger charge is -2.13.